The number of aryl methyl sites for hydroxylation is 2. The van der Waals surface area contributed by atoms with Gasteiger partial charge in [-0.05, 0) is 91.4 Å². The summed E-state index contributed by atoms with van der Waals surface area (Å²) < 4.78 is 16.8. The topological polar surface area (TPSA) is 96.6 Å². The van der Waals surface area contributed by atoms with Crippen LogP contribution in [0.2, 0.25) is 0 Å². The number of hydrogen-bond acceptors (Lipinski definition) is 3. The van der Waals surface area contributed by atoms with Crippen molar-refractivity contribution in [1.82, 2.24) is 5.32 Å². The van der Waals surface area contributed by atoms with Gasteiger partial charge in [0.2, 0.25) is 0 Å². The largest absolute Gasteiger partial charge is 0.354 e. The summed E-state index contributed by atoms with van der Waals surface area (Å²) in [5.74, 6) is 0. The summed E-state index contributed by atoms with van der Waals surface area (Å²) in [5.41, 5.74) is 7.12. The van der Waals surface area contributed by atoms with Gasteiger partial charge in [0.1, 0.15) is 9.92 Å². The maximum Gasteiger partial charge on any atom is 0.354 e. The highest BCUT2D eigenvalue weighted by atomic mass is 32.2. The first kappa shape index (κ1) is 18.8. The number of benzene rings is 2. The van der Waals surface area contributed by atoms with Crippen LogP contribution in [0.4, 0.5) is 10.5 Å². The molecule has 0 saturated carbocycles. The normalized spacial score (nSPS) is 21.6. The molecule has 4 N–H and O–H groups in total. The molecule has 3 aliphatic rings. The molecule has 152 valence electrons. The van der Waals surface area contributed by atoms with E-state index in [1.807, 2.05) is 12.1 Å². The van der Waals surface area contributed by atoms with E-state index in [0.717, 1.165) is 62.7 Å². The Labute approximate surface area is 171 Å². The first-order chi connectivity index (χ1) is 14.0. The molecule has 0 spiro atoms. The zero-order chi connectivity index (χ0) is 20.0. The second kappa shape index (κ2) is 7.23. The third-order valence-corrected chi connectivity index (χ3v) is 7.75. The molecule has 1 aliphatic heterocycles. The van der Waals surface area contributed by atoms with E-state index in [-0.39, 0.29) is 0 Å². The molecular formula is C22H26N4O2S. The first-order valence-corrected chi connectivity index (χ1v) is 11.9. The van der Waals surface area contributed by atoms with Gasteiger partial charge in [0.05, 0.1) is 4.90 Å². The number of fused-ring (bicyclic) bond motifs is 2. The number of hydrogen-bond donors (Lipinski definition) is 3. The van der Waals surface area contributed by atoms with Gasteiger partial charge in [0.15, 0.2) is 0 Å². The molecule has 2 aliphatic carbocycles. The lowest BCUT2D eigenvalue weighted by molar-refractivity contribution is 0.260. The van der Waals surface area contributed by atoms with E-state index >= 15 is 0 Å². The van der Waals surface area contributed by atoms with E-state index in [4.69, 9.17) is 5.14 Å². The Bertz CT molecular complexity index is 1060. The molecule has 7 heteroatoms. The summed E-state index contributed by atoms with van der Waals surface area (Å²) in [6.45, 7) is 1.02. The summed E-state index contributed by atoms with van der Waals surface area (Å²) in [7, 11) is -3.30. The van der Waals surface area contributed by atoms with Crippen LogP contribution in [-0.4, -0.2) is 16.8 Å². The average molecular weight is 411 g/mol. The minimum Gasteiger partial charge on any atom is -0.310 e. The van der Waals surface area contributed by atoms with Crippen LogP contribution in [0.3, 0.4) is 0 Å². The quantitative estimate of drug-likeness (QED) is 0.721. The maximum absolute atomic E-state index is 13.0. The molecule has 2 amide bonds. The molecule has 1 fully saturated rings. The first-order valence-electron chi connectivity index (χ1n) is 10.4. The Hall–Kier alpha value is -2.22. The number of rotatable bonds is 3. The van der Waals surface area contributed by atoms with Gasteiger partial charge in [-0.25, -0.2) is 14.1 Å². The number of urea groups is 1. The predicted octanol–water partition coefficient (Wildman–Crippen LogP) is 3.63. The van der Waals surface area contributed by atoms with Crippen molar-refractivity contribution in [3.05, 3.63) is 58.1 Å². The lowest BCUT2D eigenvalue weighted by atomic mass is 9.98. The van der Waals surface area contributed by atoms with Crippen molar-refractivity contribution in [2.24, 2.45) is 9.50 Å². The van der Waals surface area contributed by atoms with Crippen LogP contribution >= 0.6 is 0 Å². The summed E-state index contributed by atoms with van der Waals surface area (Å²) >= 11 is 0. The Morgan fingerprint density at radius 2 is 1.69 bits per heavy atom. The van der Waals surface area contributed by atoms with Gasteiger partial charge in [0, 0.05) is 11.7 Å². The number of carbonyl (C=O) groups excluding carboxylic acids is 1. The molecule has 0 bridgehead atoms. The summed E-state index contributed by atoms with van der Waals surface area (Å²) in [4.78, 5) is 13.1. The molecule has 0 aromatic heterocycles. The van der Waals surface area contributed by atoms with Gasteiger partial charge in [-0.15, -0.1) is 4.36 Å². The fourth-order valence-electron chi connectivity index (χ4n) is 4.74. The van der Waals surface area contributed by atoms with E-state index in [0.29, 0.717) is 10.9 Å². The Kier molecular flexibility index (Phi) is 4.69. The van der Waals surface area contributed by atoms with Gasteiger partial charge in [-0.2, -0.15) is 0 Å². The van der Waals surface area contributed by atoms with Crippen LogP contribution in [-0.2, 0) is 35.6 Å². The maximum atomic E-state index is 13.0. The van der Waals surface area contributed by atoms with Crippen LogP contribution < -0.4 is 15.8 Å². The van der Waals surface area contributed by atoms with Crippen LogP contribution in [0.25, 0.3) is 0 Å². The third-order valence-electron chi connectivity index (χ3n) is 6.37. The zero-order valence-corrected chi connectivity index (χ0v) is 17.2. The van der Waals surface area contributed by atoms with Gasteiger partial charge >= 0.3 is 6.03 Å². The molecule has 1 unspecified atom stereocenters. The minimum absolute atomic E-state index is 0.348. The average Bonchev–Trinajstić information content (AvgIpc) is 3.29. The van der Waals surface area contributed by atoms with Crippen molar-refractivity contribution in [2.75, 3.05) is 11.9 Å². The van der Waals surface area contributed by atoms with E-state index in [2.05, 4.69) is 21.1 Å². The zero-order valence-electron chi connectivity index (χ0n) is 16.4. The van der Waals surface area contributed by atoms with Crippen molar-refractivity contribution in [2.45, 2.75) is 55.9 Å². The molecule has 1 heterocycles. The predicted molar refractivity (Wildman–Crippen MR) is 114 cm³/mol. The van der Waals surface area contributed by atoms with E-state index in [9.17, 15) is 9.00 Å². The third kappa shape index (κ3) is 3.47. The van der Waals surface area contributed by atoms with Crippen molar-refractivity contribution >= 4 is 21.6 Å². The molecule has 29 heavy (non-hydrogen) atoms. The Balaban J connectivity index is 1.41. The van der Waals surface area contributed by atoms with Crippen LogP contribution in [0.1, 0.15) is 53.1 Å². The second-order valence-corrected chi connectivity index (χ2v) is 9.98. The molecule has 0 radical (unpaired) electrons. The molecule has 1 saturated heterocycles. The van der Waals surface area contributed by atoms with Crippen molar-refractivity contribution in [3.8, 4) is 0 Å². The Morgan fingerprint density at radius 3 is 2.24 bits per heavy atom. The van der Waals surface area contributed by atoms with Crippen LogP contribution in [0.15, 0.2) is 39.6 Å². The van der Waals surface area contributed by atoms with E-state index in [1.165, 1.54) is 22.3 Å². The number of nitrogens with one attached hydrogen (secondary N) is 2. The smallest absolute Gasteiger partial charge is 0.310 e. The fraction of sp³-hybridized carbons (Fsp3) is 0.409. The number of carbonyl (C=O) groups is 1. The van der Waals surface area contributed by atoms with Gasteiger partial charge in [0.25, 0.3) is 0 Å². The lowest BCUT2D eigenvalue weighted by Gasteiger charge is -2.28. The van der Waals surface area contributed by atoms with Gasteiger partial charge in [-0.3, -0.25) is 0 Å². The highest BCUT2D eigenvalue weighted by molar-refractivity contribution is 7.91. The number of amides is 2. The van der Waals surface area contributed by atoms with Gasteiger partial charge < -0.3 is 10.6 Å². The molecule has 2 aromatic carbocycles. The van der Waals surface area contributed by atoms with Crippen LogP contribution in [0, 0.1) is 0 Å². The van der Waals surface area contributed by atoms with E-state index in [1.54, 1.807) is 12.1 Å². The SMILES string of the molecule is NS(=O)(=NC(=O)Nc1c2c(cc3c1CCC3)CCC2)c1ccc([C@H]2CCN2)cc1. The van der Waals surface area contributed by atoms with Crippen molar-refractivity contribution in [3.63, 3.8) is 0 Å². The highest BCUT2D eigenvalue weighted by Crippen LogP contribution is 2.38. The van der Waals surface area contributed by atoms with Gasteiger partial charge in [-0.1, -0.05) is 18.2 Å². The summed E-state index contributed by atoms with van der Waals surface area (Å²) in [6.07, 6.45) is 7.34. The summed E-state index contributed by atoms with van der Waals surface area (Å²) in [6, 6.07) is 9.27. The number of anilines is 1. The molecule has 2 aromatic rings. The number of nitrogens with zero attached hydrogens (tertiary/aromatic N) is 1. The van der Waals surface area contributed by atoms with Crippen molar-refractivity contribution in [1.29, 1.82) is 0 Å². The molecular weight excluding hydrogens is 384 g/mol. The second-order valence-electron chi connectivity index (χ2n) is 8.19. The number of nitrogens with two attached hydrogens (primary N) is 1. The van der Waals surface area contributed by atoms with Crippen molar-refractivity contribution < 1.29 is 9.00 Å². The monoisotopic (exact) mass is 410 g/mol. The minimum atomic E-state index is -3.30. The Morgan fingerprint density at radius 1 is 1.07 bits per heavy atom. The standard InChI is InChI=1S/C22H26N4O2S/c23-29(28,17-9-7-14(8-10-17)20-11-12-24-20)26-22(27)25-21-18-5-1-3-15(18)13-16-4-2-6-19(16)21/h7-10,13,20,24H,1-6,11-12H2,(H3,23,25,26,27,28)/t20-,29?/m1/s1. The van der Waals surface area contributed by atoms with Crippen LogP contribution in [0.5, 0.6) is 0 Å². The van der Waals surface area contributed by atoms with E-state index < -0.39 is 15.9 Å². The fourth-order valence-corrected chi connectivity index (χ4v) is 5.66. The summed E-state index contributed by atoms with van der Waals surface area (Å²) in [5, 5.41) is 12.2. The lowest BCUT2D eigenvalue weighted by Crippen LogP contribution is -2.34. The molecule has 2 atom stereocenters. The molecule has 6 nitrogen and oxygen atoms in total. The highest BCUT2D eigenvalue weighted by Gasteiger charge is 2.25. The molecule has 5 rings (SSSR count).